The van der Waals surface area contributed by atoms with Crippen LogP contribution in [0.25, 0.3) is 5.69 Å². The number of carbonyl (C=O) groups is 1. The zero-order valence-corrected chi connectivity index (χ0v) is 14.4. The number of nitro groups is 1. The molecule has 136 valence electrons. The van der Waals surface area contributed by atoms with Crippen molar-refractivity contribution >= 4 is 17.8 Å². The van der Waals surface area contributed by atoms with Gasteiger partial charge in [-0.25, -0.2) is 5.43 Å². The maximum atomic E-state index is 12.1. The average Bonchev–Trinajstić information content (AvgIpc) is 2.97. The normalized spacial score (nSPS) is 10.9. The highest BCUT2D eigenvalue weighted by Crippen LogP contribution is 2.25. The summed E-state index contributed by atoms with van der Waals surface area (Å²) in [6, 6.07) is 14.5. The zero-order chi connectivity index (χ0) is 19.4. The topological polar surface area (TPSA) is 110 Å². The number of nitro benzene ring substituents is 1. The molecular weight excluding hydrogens is 348 g/mol. The molecule has 8 heteroatoms. The fourth-order valence-corrected chi connectivity index (χ4v) is 2.53. The molecule has 0 saturated heterocycles. The number of hydrogen-bond acceptors (Lipinski definition) is 5. The van der Waals surface area contributed by atoms with E-state index in [0.29, 0.717) is 5.56 Å². The van der Waals surface area contributed by atoms with Crippen LogP contribution in [-0.4, -0.2) is 26.7 Å². The van der Waals surface area contributed by atoms with E-state index in [4.69, 9.17) is 0 Å². The van der Waals surface area contributed by atoms with Gasteiger partial charge in [-0.05, 0) is 36.8 Å². The Balaban J connectivity index is 1.74. The van der Waals surface area contributed by atoms with Gasteiger partial charge in [-0.3, -0.25) is 19.5 Å². The lowest BCUT2D eigenvalue weighted by atomic mass is 10.2. The second kappa shape index (κ2) is 7.52. The van der Waals surface area contributed by atoms with Crippen LogP contribution in [0.4, 0.5) is 5.69 Å². The van der Waals surface area contributed by atoms with Crippen molar-refractivity contribution in [2.75, 3.05) is 0 Å². The lowest BCUT2D eigenvalue weighted by Gasteiger charge is -2.04. The predicted octanol–water partition coefficient (Wildman–Crippen LogP) is 3.16. The van der Waals surface area contributed by atoms with Crippen LogP contribution in [0, 0.1) is 17.0 Å². The molecular formula is C19H16N4O4. The average molecular weight is 364 g/mol. The van der Waals surface area contributed by atoms with Gasteiger partial charge < -0.3 is 5.11 Å². The van der Waals surface area contributed by atoms with E-state index in [-0.39, 0.29) is 17.1 Å². The van der Waals surface area contributed by atoms with Crippen LogP contribution >= 0.6 is 0 Å². The Labute approximate surface area is 154 Å². The minimum Gasteiger partial charge on any atom is -0.494 e. The first-order chi connectivity index (χ1) is 13.0. The number of carbonyl (C=O) groups excluding carboxylic acids is 1. The van der Waals surface area contributed by atoms with Gasteiger partial charge in [0.25, 0.3) is 11.6 Å². The number of non-ortho nitro benzene ring substituents is 1. The van der Waals surface area contributed by atoms with Crippen molar-refractivity contribution in [3.8, 4) is 11.6 Å². The summed E-state index contributed by atoms with van der Waals surface area (Å²) < 4.78 is 1.62. The number of amides is 1. The third-order valence-corrected chi connectivity index (χ3v) is 3.95. The van der Waals surface area contributed by atoms with E-state index in [1.54, 1.807) is 10.8 Å². The number of aromatic nitrogens is 1. The van der Waals surface area contributed by atoms with Gasteiger partial charge in [-0.1, -0.05) is 18.2 Å². The van der Waals surface area contributed by atoms with Gasteiger partial charge in [-0.15, -0.1) is 0 Å². The lowest BCUT2D eigenvalue weighted by Crippen LogP contribution is -2.17. The van der Waals surface area contributed by atoms with Crippen molar-refractivity contribution in [2.24, 2.45) is 5.10 Å². The van der Waals surface area contributed by atoms with Crippen LogP contribution in [0.2, 0.25) is 0 Å². The summed E-state index contributed by atoms with van der Waals surface area (Å²) in [5.41, 5.74) is 4.53. The molecule has 2 aromatic carbocycles. The molecule has 8 nitrogen and oxygen atoms in total. The van der Waals surface area contributed by atoms with Crippen LogP contribution < -0.4 is 5.43 Å². The lowest BCUT2D eigenvalue weighted by molar-refractivity contribution is -0.384. The molecule has 0 unspecified atom stereocenters. The van der Waals surface area contributed by atoms with Crippen molar-refractivity contribution in [1.82, 2.24) is 9.99 Å². The first kappa shape index (κ1) is 17.9. The van der Waals surface area contributed by atoms with Crippen LogP contribution in [0.1, 0.15) is 21.5 Å². The number of hydrazone groups is 1. The van der Waals surface area contributed by atoms with Crippen molar-refractivity contribution in [1.29, 1.82) is 0 Å². The standard InChI is InChI=1S/C19H16N4O4/c1-13-12-22(15-5-3-2-4-6-15)19(25)17(13)11-20-21-18(24)14-7-9-16(10-8-14)23(26)27/h2-12,25H,1H3,(H,21,24). The summed E-state index contributed by atoms with van der Waals surface area (Å²) >= 11 is 0. The molecule has 0 aliphatic heterocycles. The monoisotopic (exact) mass is 364 g/mol. The molecule has 3 rings (SSSR count). The molecule has 3 aromatic rings. The number of nitrogens with zero attached hydrogens (tertiary/aromatic N) is 3. The SMILES string of the molecule is Cc1cn(-c2ccccc2)c(O)c1C=NNC(=O)c1ccc([N+](=O)[O-])cc1. The van der Waals surface area contributed by atoms with Gasteiger partial charge in [0.1, 0.15) is 0 Å². The number of rotatable bonds is 5. The van der Waals surface area contributed by atoms with E-state index < -0.39 is 10.8 Å². The van der Waals surface area contributed by atoms with Crippen molar-refractivity contribution in [2.45, 2.75) is 6.92 Å². The largest absolute Gasteiger partial charge is 0.494 e. The highest BCUT2D eigenvalue weighted by atomic mass is 16.6. The Hall–Kier alpha value is -3.94. The Bertz CT molecular complexity index is 1010. The van der Waals surface area contributed by atoms with Gasteiger partial charge >= 0.3 is 0 Å². The first-order valence-electron chi connectivity index (χ1n) is 8.01. The molecule has 1 aromatic heterocycles. The molecule has 1 amide bonds. The second-order valence-electron chi connectivity index (χ2n) is 5.76. The predicted molar refractivity (Wildman–Crippen MR) is 100 cm³/mol. The zero-order valence-electron chi connectivity index (χ0n) is 14.4. The molecule has 0 aliphatic rings. The third kappa shape index (κ3) is 3.84. The molecule has 0 saturated carbocycles. The van der Waals surface area contributed by atoms with E-state index in [2.05, 4.69) is 10.5 Å². The molecule has 0 radical (unpaired) electrons. The van der Waals surface area contributed by atoms with Crippen LogP contribution in [0.3, 0.4) is 0 Å². The second-order valence-corrected chi connectivity index (χ2v) is 5.76. The third-order valence-electron chi connectivity index (χ3n) is 3.95. The molecule has 2 N–H and O–H groups in total. The minimum absolute atomic E-state index is 0.00651. The fraction of sp³-hybridized carbons (Fsp3) is 0.0526. The maximum Gasteiger partial charge on any atom is 0.271 e. The molecule has 0 fully saturated rings. The van der Waals surface area contributed by atoms with Crippen molar-refractivity contribution < 1.29 is 14.8 Å². The Morgan fingerprint density at radius 1 is 1.19 bits per heavy atom. The number of nitrogens with one attached hydrogen (secondary N) is 1. The molecule has 0 atom stereocenters. The Kier molecular flexibility index (Phi) is 4.98. The van der Waals surface area contributed by atoms with Gasteiger partial charge in [0, 0.05) is 29.6 Å². The summed E-state index contributed by atoms with van der Waals surface area (Å²) in [6.45, 7) is 1.82. The quantitative estimate of drug-likeness (QED) is 0.411. The number of para-hydroxylation sites is 1. The molecule has 27 heavy (non-hydrogen) atoms. The summed E-state index contributed by atoms with van der Waals surface area (Å²) in [5, 5.41) is 24.9. The summed E-state index contributed by atoms with van der Waals surface area (Å²) in [7, 11) is 0. The number of aromatic hydroxyl groups is 1. The Morgan fingerprint density at radius 3 is 2.48 bits per heavy atom. The van der Waals surface area contributed by atoms with Gasteiger partial charge in [0.15, 0.2) is 0 Å². The fourth-order valence-electron chi connectivity index (χ4n) is 2.53. The molecule has 1 heterocycles. The number of aryl methyl sites for hydroxylation is 1. The minimum atomic E-state index is -0.539. The highest BCUT2D eigenvalue weighted by molar-refractivity contribution is 5.95. The number of benzene rings is 2. The van der Waals surface area contributed by atoms with Crippen LogP contribution in [-0.2, 0) is 0 Å². The van der Waals surface area contributed by atoms with E-state index >= 15 is 0 Å². The van der Waals surface area contributed by atoms with E-state index in [0.717, 1.165) is 11.3 Å². The molecule has 0 spiro atoms. The number of hydrogen-bond donors (Lipinski definition) is 2. The van der Waals surface area contributed by atoms with E-state index in [1.165, 1.54) is 30.5 Å². The van der Waals surface area contributed by atoms with Crippen LogP contribution in [0.15, 0.2) is 65.9 Å². The summed E-state index contributed by atoms with van der Waals surface area (Å²) in [5.74, 6) is -0.507. The van der Waals surface area contributed by atoms with Crippen molar-refractivity contribution in [3.63, 3.8) is 0 Å². The molecule has 0 aliphatic carbocycles. The highest BCUT2D eigenvalue weighted by Gasteiger charge is 2.12. The smallest absolute Gasteiger partial charge is 0.271 e. The van der Waals surface area contributed by atoms with Crippen LogP contribution in [0.5, 0.6) is 5.88 Å². The van der Waals surface area contributed by atoms with Gasteiger partial charge in [0.2, 0.25) is 5.88 Å². The summed E-state index contributed by atoms with van der Waals surface area (Å²) in [6.07, 6.45) is 3.12. The van der Waals surface area contributed by atoms with E-state index in [9.17, 15) is 20.0 Å². The van der Waals surface area contributed by atoms with E-state index in [1.807, 2.05) is 37.3 Å². The first-order valence-corrected chi connectivity index (χ1v) is 8.01. The van der Waals surface area contributed by atoms with Gasteiger partial charge in [0.05, 0.1) is 16.7 Å². The van der Waals surface area contributed by atoms with Crippen molar-refractivity contribution in [3.05, 3.63) is 87.6 Å². The maximum absolute atomic E-state index is 12.1. The summed E-state index contributed by atoms with van der Waals surface area (Å²) in [4.78, 5) is 22.1. The van der Waals surface area contributed by atoms with Gasteiger partial charge in [-0.2, -0.15) is 5.10 Å². The molecule has 0 bridgehead atoms. The Morgan fingerprint density at radius 2 is 1.85 bits per heavy atom.